The van der Waals surface area contributed by atoms with E-state index in [0.29, 0.717) is 23.8 Å². The summed E-state index contributed by atoms with van der Waals surface area (Å²) in [6, 6.07) is 6.07. The van der Waals surface area contributed by atoms with Crippen molar-refractivity contribution in [1.82, 2.24) is 0 Å². The Balaban J connectivity index is 2.17. The number of aliphatic imine (C=N–C) groups is 1. The van der Waals surface area contributed by atoms with Gasteiger partial charge in [0.1, 0.15) is 0 Å². The van der Waals surface area contributed by atoms with Crippen molar-refractivity contribution in [2.24, 2.45) is 10.7 Å². The lowest BCUT2D eigenvalue weighted by atomic mass is 10.2. The van der Waals surface area contributed by atoms with Crippen molar-refractivity contribution in [3.63, 3.8) is 0 Å². The number of nitro benzene ring substituents is 1. The number of carbonyl (C=O) groups is 1. The molecule has 0 bridgehead atoms. The van der Waals surface area contributed by atoms with Crippen molar-refractivity contribution < 1.29 is 9.72 Å². The van der Waals surface area contributed by atoms with Crippen LogP contribution in [0.2, 0.25) is 0 Å². The number of amidine groups is 1. The Morgan fingerprint density at radius 2 is 2.35 bits per heavy atom. The van der Waals surface area contributed by atoms with Crippen LogP contribution in [-0.4, -0.2) is 34.8 Å². The first-order chi connectivity index (χ1) is 9.52. The van der Waals surface area contributed by atoms with E-state index in [0.717, 1.165) is 0 Å². The molecule has 1 unspecified atom stereocenters. The highest BCUT2D eigenvalue weighted by Crippen LogP contribution is 2.30. The largest absolute Gasteiger partial charge is 0.379 e. The molecule has 7 nitrogen and oxygen atoms in total. The fraction of sp³-hybridized carbons (Fsp3) is 0.333. The molecule has 106 valence electrons. The molecule has 1 saturated heterocycles. The Bertz CT molecular complexity index is 576. The van der Waals surface area contributed by atoms with Gasteiger partial charge in [-0.3, -0.25) is 19.9 Å². The van der Waals surface area contributed by atoms with Gasteiger partial charge in [-0.25, -0.2) is 0 Å². The molecule has 0 aliphatic carbocycles. The predicted molar refractivity (Wildman–Crippen MR) is 79.0 cm³/mol. The molecule has 1 aliphatic rings. The molecular formula is C12H14N4O3S. The molecule has 0 aromatic heterocycles. The van der Waals surface area contributed by atoms with Crippen LogP contribution in [0.3, 0.4) is 0 Å². The molecule has 0 saturated carbocycles. The standard InChI is InChI=1S/C12H14N4O3S/c1-14-12(13)20-10-5-6-15(11(10)17)8-3-2-4-9(7-8)16(18)19/h2-4,7,10H,5-6H2,1H3,(H2,13,14). The van der Waals surface area contributed by atoms with Gasteiger partial charge in [0.15, 0.2) is 5.17 Å². The fourth-order valence-electron chi connectivity index (χ4n) is 1.99. The third-order valence-electron chi connectivity index (χ3n) is 2.99. The van der Waals surface area contributed by atoms with Gasteiger partial charge in [0.05, 0.1) is 15.9 Å². The first-order valence-electron chi connectivity index (χ1n) is 5.97. The summed E-state index contributed by atoms with van der Waals surface area (Å²) in [7, 11) is 1.57. The van der Waals surface area contributed by atoms with Crippen LogP contribution < -0.4 is 10.6 Å². The van der Waals surface area contributed by atoms with E-state index in [4.69, 9.17) is 5.73 Å². The molecular weight excluding hydrogens is 280 g/mol. The molecule has 2 rings (SSSR count). The van der Waals surface area contributed by atoms with E-state index in [-0.39, 0.29) is 16.8 Å². The number of non-ortho nitro benzene ring substituents is 1. The van der Waals surface area contributed by atoms with Crippen molar-refractivity contribution in [2.75, 3.05) is 18.5 Å². The average Bonchev–Trinajstić information content (AvgIpc) is 2.80. The second kappa shape index (κ2) is 5.91. The van der Waals surface area contributed by atoms with Crippen molar-refractivity contribution in [3.05, 3.63) is 34.4 Å². The first kappa shape index (κ1) is 14.3. The highest BCUT2D eigenvalue weighted by Gasteiger charge is 2.34. The Morgan fingerprint density at radius 1 is 1.60 bits per heavy atom. The summed E-state index contributed by atoms with van der Waals surface area (Å²) < 4.78 is 0. The first-order valence-corrected chi connectivity index (χ1v) is 6.85. The number of carbonyl (C=O) groups excluding carboxylic acids is 1. The van der Waals surface area contributed by atoms with Gasteiger partial charge in [-0.1, -0.05) is 17.8 Å². The van der Waals surface area contributed by atoms with E-state index < -0.39 is 4.92 Å². The van der Waals surface area contributed by atoms with E-state index in [1.165, 1.54) is 23.9 Å². The number of amides is 1. The maximum atomic E-state index is 12.3. The highest BCUT2D eigenvalue weighted by molar-refractivity contribution is 8.14. The Hall–Kier alpha value is -2.09. The number of thioether (sulfide) groups is 1. The predicted octanol–water partition coefficient (Wildman–Crippen LogP) is 1.38. The minimum atomic E-state index is -0.474. The molecule has 1 amide bonds. The quantitative estimate of drug-likeness (QED) is 0.392. The summed E-state index contributed by atoms with van der Waals surface area (Å²) in [4.78, 5) is 27.9. The van der Waals surface area contributed by atoms with Crippen LogP contribution in [0.5, 0.6) is 0 Å². The van der Waals surface area contributed by atoms with E-state index in [2.05, 4.69) is 4.99 Å². The van der Waals surface area contributed by atoms with Crippen LogP contribution in [-0.2, 0) is 4.79 Å². The smallest absolute Gasteiger partial charge is 0.271 e. The van der Waals surface area contributed by atoms with E-state index >= 15 is 0 Å². The van der Waals surface area contributed by atoms with Gasteiger partial charge in [-0.2, -0.15) is 0 Å². The number of benzene rings is 1. The lowest BCUT2D eigenvalue weighted by Crippen LogP contribution is -2.29. The summed E-state index contributed by atoms with van der Waals surface area (Å²) in [6.45, 7) is 0.522. The van der Waals surface area contributed by atoms with Crippen LogP contribution in [0.15, 0.2) is 29.3 Å². The zero-order valence-electron chi connectivity index (χ0n) is 10.9. The summed E-state index contributed by atoms with van der Waals surface area (Å²) in [5, 5.41) is 10.8. The van der Waals surface area contributed by atoms with Gasteiger partial charge in [-0.15, -0.1) is 0 Å². The molecule has 1 aromatic carbocycles. The number of rotatable bonds is 3. The van der Waals surface area contributed by atoms with Gasteiger partial charge >= 0.3 is 0 Å². The molecule has 1 aromatic rings. The number of nitrogens with two attached hydrogens (primary N) is 1. The topological polar surface area (TPSA) is 102 Å². The SMILES string of the molecule is CN=C(N)SC1CCN(c2cccc([N+](=O)[O-])c2)C1=O. The van der Waals surface area contributed by atoms with Gasteiger partial charge in [-0.05, 0) is 12.5 Å². The van der Waals surface area contributed by atoms with Gasteiger partial charge in [0.25, 0.3) is 5.69 Å². The van der Waals surface area contributed by atoms with Gasteiger partial charge in [0.2, 0.25) is 5.91 Å². The molecule has 0 spiro atoms. The molecule has 1 aliphatic heterocycles. The molecule has 1 heterocycles. The summed E-state index contributed by atoms with van der Waals surface area (Å²) >= 11 is 1.23. The van der Waals surface area contributed by atoms with Crippen molar-refractivity contribution in [1.29, 1.82) is 0 Å². The maximum absolute atomic E-state index is 12.3. The van der Waals surface area contributed by atoms with Crippen LogP contribution in [0.25, 0.3) is 0 Å². The average molecular weight is 294 g/mol. The maximum Gasteiger partial charge on any atom is 0.271 e. The Kier molecular flexibility index (Phi) is 4.23. The second-order valence-corrected chi connectivity index (χ2v) is 5.45. The Labute approximate surface area is 120 Å². The number of hydrogen-bond acceptors (Lipinski definition) is 5. The Morgan fingerprint density at radius 3 is 3.00 bits per heavy atom. The van der Waals surface area contributed by atoms with Crippen molar-refractivity contribution in [3.8, 4) is 0 Å². The third-order valence-corrected chi connectivity index (χ3v) is 4.14. The number of nitrogens with zero attached hydrogens (tertiary/aromatic N) is 3. The molecule has 20 heavy (non-hydrogen) atoms. The number of anilines is 1. The normalized spacial score (nSPS) is 19.4. The van der Waals surface area contributed by atoms with Crippen LogP contribution >= 0.6 is 11.8 Å². The second-order valence-electron chi connectivity index (χ2n) is 4.22. The van der Waals surface area contributed by atoms with Crippen LogP contribution in [0.4, 0.5) is 11.4 Å². The van der Waals surface area contributed by atoms with E-state index in [9.17, 15) is 14.9 Å². The van der Waals surface area contributed by atoms with Crippen molar-refractivity contribution in [2.45, 2.75) is 11.7 Å². The minimum absolute atomic E-state index is 0.0268. The van der Waals surface area contributed by atoms with E-state index in [1.807, 2.05) is 0 Å². The molecule has 8 heteroatoms. The van der Waals surface area contributed by atoms with Crippen molar-refractivity contribution >= 4 is 34.2 Å². The lowest BCUT2D eigenvalue weighted by molar-refractivity contribution is -0.384. The summed E-state index contributed by atoms with van der Waals surface area (Å²) in [5.41, 5.74) is 6.13. The molecule has 1 atom stereocenters. The summed E-state index contributed by atoms with van der Waals surface area (Å²) in [5.74, 6) is -0.0953. The zero-order valence-corrected chi connectivity index (χ0v) is 11.7. The minimum Gasteiger partial charge on any atom is -0.379 e. The molecule has 0 radical (unpaired) electrons. The molecule has 2 N–H and O–H groups in total. The summed E-state index contributed by atoms with van der Waals surface area (Å²) in [6.07, 6.45) is 0.641. The van der Waals surface area contributed by atoms with Crippen LogP contribution in [0.1, 0.15) is 6.42 Å². The van der Waals surface area contributed by atoms with Gasteiger partial charge < -0.3 is 10.6 Å². The number of nitro groups is 1. The van der Waals surface area contributed by atoms with Crippen LogP contribution in [0, 0.1) is 10.1 Å². The third kappa shape index (κ3) is 2.90. The monoisotopic (exact) mass is 294 g/mol. The highest BCUT2D eigenvalue weighted by atomic mass is 32.2. The fourth-order valence-corrected chi connectivity index (χ4v) is 2.84. The van der Waals surface area contributed by atoms with E-state index in [1.54, 1.807) is 24.1 Å². The molecule has 1 fully saturated rings. The van der Waals surface area contributed by atoms with Gasteiger partial charge in [0, 0.05) is 25.7 Å². The zero-order chi connectivity index (χ0) is 14.7. The lowest BCUT2D eigenvalue weighted by Gasteiger charge is -2.16. The number of hydrogen-bond donors (Lipinski definition) is 1.